The van der Waals surface area contributed by atoms with Crippen LogP contribution >= 0.6 is 11.3 Å². The summed E-state index contributed by atoms with van der Waals surface area (Å²) in [6, 6.07) is -0.141. The van der Waals surface area contributed by atoms with Crippen molar-refractivity contribution >= 4 is 27.1 Å². The van der Waals surface area contributed by atoms with Gasteiger partial charge >= 0.3 is 0 Å². The van der Waals surface area contributed by atoms with Gasteiger partial charge in [-0.05, 0) is 19.8 Å². The van der Waals surface area contributed by atoms with E-state index in [1.807, 2.05) is 12.3 Å². The molecule has 1 fully saturated rings. The lowest BCUT2D eigenvalue weighted by atomic mass is 10.1. The summed E-state index contributed by atoms with van der Waals surface area (Å²) in [6.07, 6.45) is 1.59. The third-order valence-corrected chi connectivity index (χ3v) is 5.77. The first kappa shape index (κ1) is 14.5. The van der Waals surface area contributed by atoms with Crippen LogP contribution in [0.3, 0.4) is 0 Å². The third-order valence-electron chi connectivity index (χ3n) is 3.39. The fraction of sp³-hybridized carbons (Fsp3) is 0.667. The Morgan fingerprint density at radius 1 is 1.58 bits per heavy atom. The molecular formula is C12H18N2O3S2. The second-order valence-corrected chi connectivity index (χ2v) is 7.66. The minimum Gasteiger partial charge on any atom is -0.339 e. The highest BCUT2D eigenvalue weighted by molar-refractivity contribution is 7.91. The largest absolute Gasteiger partial charge is 0.339 e. The number of thiazole rings is 1. The van der Waals surface area contributed by atoms with Crippen molar-refractivity contribution < 1.29 is 13.2 Å². The Labute approximate surface area is 117 Å². The molecule has 1 atom stereocenters. The SMILES string of the molecule is CCN(C(=O)CCc1cscn1)C1CCS(=O)(=O)C1. The van der Waals surface area contributed by atoms with Crippen molar-refractivity contribution in [2.24, 2.45) is 0 Å². The Kier molecular flexibility index (Phi) is 4.57. The van der Waals surface area contributed by atoms with E-state index in [0.717, 1.165) is 5.69 Å². The summed E-state index contributed by atoms with van der Waals surface area (Å²) in [5, 5.41) is 1.93. The summed E-state index contributed by atoms with van der Waals surface area (Å²) in [4.78, 5) is 18.0. The van der Waals surface area contributed by atoms with Crippen LogP contribution in [0.1, 0.15) is 25.5 Å². The van der Waals surface area contributed by atoms with E-state index in [1.165, 1.54) is 11.3 Å². The summed E-state index contributed by atoms with van der Waals surface area (Å²) in [5.41, 5.74) is 2.68. The van der Waals surface area contributed by atoms with Crippen LogP contribution in [0.25, 0.3) is 0 Å². The molecule has 1 aromatic rings. The molecule has 1 aromatic heterocycles. The number of carbonyl (C=O) groups excluding carboxylic acids is 1. The highest BCUT2D eigenvalue weighted by atomic mass is 32.2. The summed E-state index contributed by atoms with van der Waals surface area (Å²) in [5.74, 6) is 0.342. The molecule has 5 nitrogen and oxygen atoms in total. The second-order valence-electron chi connectivity index (χ2n) is 4.72. The van der Waals surface area contributed by atoms with Crippen LogP contribution in [-0.4, -0.2) is 48.3 Å². The Morgan fingerprint density at radius 3 is 2.89 bits per heavy atom. The first-order valence-electron chi connectivity index (χ1n) is 6.39. The van der Waals surface area contributed by atoms with Crippen LogP contribution in [0.15, 0.2) is 10.9 Å². The standard InChI is InChI=1S/C12H18N2O3S2/c1-2-14(11-5-6-19(16,17)8-11)12(15)4-3-10-7-18-9-13-10/h7,9,11H,2-6,8H2,1H3. The van der Waals surface area contributed by atoms with E-state index in [9.17, 15) is 13.2 Å². The van der Waals surface area contributed by atoms with Gasteiger partial charge in [-0.15, -0.1) is 11.3 Å². The highest BCUT2D eigenvalue weighted by Gasteiger charge is 2.33. The van der Waals surface area contributed by atoms with Crippen LogP contribution < -0.4 is 0 Å². The topological polar surface area (TPSA) is 67.3 Å². The zero-order valence-corrected chi connectivity index (χ0v) is 12.5. The molecule has 106 valence electrons. The maximum absolute atomic E-state index is 12.2. The molecule has 0 aromatic carbocycles. The predicted molar refractivity (Wildman–Crippen MR) is 74.9 cm³/mol. The van der Waals surface area contributed by atoms with Gasteiger partial charge in [-0.3, -0.25) is 4.79 Å². The average molecular weight is 302 g/mol. The van der Waals surface area contributed by atoms with Gasteiger partial charge in [0.05, 0.1) is 22.7 Å². The summed E-state index contributed by atoms with van der Waals surface area (Å²) in [7, 11) is -2.95. The number of nitrogens with zero attached hydrogens (tertiary/aromatic N) is 2. The van der Waals surface area contributed by atoms with Gasteiger partial charge in [-0.2, -0.15) is 0 Å². The molecule has 1 amide bonds. The van der Waals surface area contributed by atoms with Gasteiger partial charge in [0.25, 0.3) is 0 Å². The number of rotatable bonds is 5. The molecule has 0 bridgehead atoms. The molecule has 0 spiro atoms. The van der Waals surface area contributed by atoms with Crippen molar-refractivity contribution in [3.05, 3.63) is 16.6 Å². The number of amides is 1. The van der Waals surface area contributed by atoms with E-state index in [-0.39, 0.29) is 23.5 Å². The van der Waals surface area contributed by atoms with Crippen LogP contribution in [0.2, 0.25) is 0 Å². The van der Waals surface area contributed by atoms with Gasteiger partial charge in [0.15, 0.2) is 9.84 Å². The molecule has 1 saturated heterocycles. The van der Waals surface area contributed by atoms with Crippen molar-refractivity contribution in [1.29, 1.82) is 0 Å². The predicted octanol–water partition coefficient (Wildman–Crippen LogP) is 1.11. The van der Waals surface area contributed by atoms with E-state index < -0.39 is 9.84 Å². The monoisotopic (exact) mass is 302 g/mol. The van der Waals surface area contributed by atoms with Crippen molar-refractivity contribution in [2.45, 2.75) is 32.2 Å². The van der Waals surface area contributed by atoms with Crippen molar-refractivity contribution in [3.8, 4) is 0 Å². The Morgan fingerprint density at radius 2 is 2.37 bits per heavy atom. The van der Waals surface area contributed by atoms with E-state index in [0.29, 0.717) is 25.8 Å². The molecule has 0 saturated carbocycles. The molecule has 7 heteroatoms. The third kappa shape index (κ3) is 3.76. The lowest BCUT2D eigenvalue weighted by Crippen LogP contribution is -2.41. The Hall–Kier alpha value is -0.950. The van der Waals surface area contributed by atoms with Crippen LogP contribution in [0.4, 0.5) is 0 Å². The zero-order chi connectivity index (χ0) is 13.9. The molecule has 0 radical (unpaired) electrons. The molecule has 0 aliphatic carbocycles. The molecule has 1 unspecified atom stereocenters. The van der Waals surface area contributed by atoms with Gasteiger partial charge < -0.3 is 4.90 Å². The molecule has 19 heavy (non-hydrogen) atoms. The zero-order valence-electron chi connectivity index (χ0n) is 10.9. The van der Waals surface area contributed by atoms with Crippen LogP contribution in [-0.2, 0) is 21.1 Å². The number of hydrogen-bond acceptors (Lipinski definition) is 5. The van der Waals surface area contributed by atoms with Gasteiger partial charge in [0.1, 0.15) is 0 Å². The summed E-state index contributed by atoms with van der Waals surface area (Å²) >= 11 is 1.52. The molecule has 0 N–H and O–H groups in total. The van der Waals surface area contributed by atoms with Gasteiger partial charge in [-0.25, -0.2) is 13.4 Å². The Bertz CT molecular complexity index is 525. The van der Waals surface area contributed by atoms with Crippen molar-refractivity contribution in [2.75, 3.05) is 18.1 Å². The molecule has 2 rings (SSSR count). The van der Waals surface area contributed by atoms with E-state index >= 15 is 0 Å². The first-order chi connectivity index (χ1) is 9.02. The van der Waals surface area contributed by atoms with E-state index in [4.69, 9.17) is 0 Å². The van der Waals surface area contributed by atoms with Gasteiger partial charge in [-0.1, -0.05) is 0 Å². The normalized spacial score (nSPS) is 21.4. The smallest absolute Gasteiger partial charge is 0.223 e. The maximum atomic E-state index is 12.2. The summed E-state index contributed by atoms with van der Waals surface area (Å²) < 4.78 is 23.0. The molecule has 1 aliphatic heterocycles. The minimum atomic E-state index is -2.95. The van der Waals surface area contributed by atoms with E-state index in [2.05, 4.69) is 4.98 Å². The number of hydrogen-bond donors (Lipinski definition) is 0. The number of aryl methyl sites for hydroxylation is 1. The fourth-order valence-electron chi connectivity index (χ4n) is 2.40. The molecule has 1 aliphatic rings. The van der Waals surface area contributed by atoms with E-state index in [1.54, 1.807) is 10.4 Å². The number of aromatic nitrogens is 1. The first-order valence-corrected chi connectivity index (χ1v) is 9.15. The Balaban J connectivity index is 1.92. The van der Waals surface area contributed by atoms with Crippen LogP contribution in [0, 0.1) is 0 Å². The minimum absolute atomic E-state index is 0.0256. The number of sulfone groups is 1. The quantitative estimate of drug-likeness (QED) is 0.817. The average Bonchev–Trinajstić information content (AvgIpc) is 2.97. The molecular weight excluding hydrogens is 284 g/mol. The second kappa shape index (κ2) is 6.00. The van der Waals surface area contributed by atoms with Gasteiger partial charge in [0.2, 0.25) is 5.91 Å². The van der Waals surface area contributed by atoms with Crippen LogP contribution in [0.5, 0.6) is 0 Å². The fourth-order valence-corrected chi connectivity index (χ4v) is 4.72. The summed E-state index contributed by atoms with van der Waals surface area (Å²) in [6.45, 7) is 2.46. The van der Waals surface area contributed by atoms with Crippen molar-refractivity contribution in [1.82, 2.24) is 9.88 Å². The lowest BCUT2D eigenvalue weighted by Gasteiger charge is -2.26. The molecule has 2 heterocycles. The highest BCUT2D eigenvalue weighted by Crippen LogP contribution is 2.19. The number of carbonyl (C=O) groups is 1. The maximum Gasteiger partial charge on any atom is 0.223 e. The lowest BCUT2D eigenvalue weighted by molar-refractivity contribution is -0.132. The van der Waals surface area contributed by atoms with Gasteiger partial charge in [0, 0.05) is 24.4 Å². The van der Waals surface area contributed by atoms with Crippen molar-refractivity contribution in [3.63, 3.8) is 0 Å².